The molecule has 0 N–H and O–H groups in total. The second kappa shape index (κ2) is 9.67. The third-order valence-electron chi connectivity index (χ3n) is 6.40. The molecule has 2 aromatic carbocycles. The molecule has 0 saturated carbocycles. The highest BCUT2D eigenvalue weighted by molar-refractivity contribution is 5.75. The minimum atomic E-state index is -4.99. The van der Waals surface area contributed by atoms with E-state index in [1.54, 1.807) is 13.0 Å². The van der Waals surface area contributed by atoms with Gasteiger partial charge in [-0.2, -0.15) is 26.3 Å². The van der Waals surface area contributed by atoms with Crippen LogP contribution in [0, 0.1) is 12.7 Å². The summed E-state index contributed by atoms with van der Waals surface area (Å²) < 4.78 is 93.5. The van der Waals surface area contributed by atoms with Crippen LogP contribution in [0.2, 0.25) is 0 Å². The number of amides is 2. The summed E-state index contributed by atoms with van der Waals surface area (Å²) in [6.07, 6.45) is -9.97. The quantitative estimate of drug-likeness (QED) is 0.460. The van der Waals surface area contributed by atoms with Gasteiger partial charge in [-0.05, 0) is 67.9 Å². The molecule has 1 heterocycles. The summed E-state index contributed by atoms with van der Waals surface area (Å²) in [5.74, 6) is -0.427. The van der Waals surface area contributed by atoms with E-state index >= 15 is 0 Å². The molecule has 0 aromatic heterocycles. The number of benzene rings is 2. The van der Waals surface area contributed by atoms with Crippen LogP contribution in [0.4, 0.5) is 35.5 Å². The fourth-order valence-electron chi connectivity index (χ4n) is 4.24. The fraction of sp³-hybridized carbons (Fsp3) is 0.458. The van der Waals surface area contributed by atoms with Gasteiger partial charge in [0, 0.05) is 26.7 Å². The van der Waals surface area contributed by atoms with Crippen molar-refractivity contribution in [2.24, 2.45) is 0 Å². The molecule has 11 heteroatoms. The maximum atomic E-state index is 13.6. The number of carbonyl (C=O) groups is 1. The number of rotatable bonds is 3. The van der Waals surface area contributed by atoms with E-state index in [0.29, 0.717) is 36.3 Å². The number of alkyl halides is 6. The summed E-state index contributed by atoms with van der Waals surface area (Å²) in [5, 5.41) is 0. The second-order valence-electron chi connectivity index (χ2n) is 8.88. The minimum Gasteiger partial charge on any atom is -0.321 e. The molecule has 2 amide bonds. The van der Waals surface area contributed by atoms with E-state index in [1.807, 2.05) is 11.9 Å². The van der Waals surface area contributed by atoms with Crippen molar-refractivity contribution in [2.75, 3.05) is 33.7 Å². The lowest BCUT2D eigenvalue weighted by Gasteiger charge is -2.43. The average molecular weight is 505 g/mol. The first-order valence-corrected chi connectivity index (χ1v) is 10.9. The van der Waals surface area contributed by atoms with E-state index in [1.165, 1.54) is 31.0 Å². The van der Waals surface area contributed by atoms with E-state index in [2.05, 4.69) is 0 Å². The Morgan fingerprint density at radius 3 is 2.09 bits per heavy atom. The van der Waals surface area contributed by atoms with Crippen LogP contribution < -0.4 is 0 Å². The number of likely N-dealkylation sites (N-methyl/N-ethyl adjacent to an activating group) is 1. The third kappa shape index (κ3) is 5.88. The Balaban J connectivity index is 1.95. The van der Waals surface area contributed by atoms with E-state index in [-0.39, 0.29) is 18.2 Å². The van der Waals surface area contributed by atoms with Gasteiger partial charge in [-0.1, -0.05) is 6.07 Å². The Bertz CT molecular complexity index is 1050. The molecule has 0 unspecified atom stereocenters. The molecule has 0 bridgehead atoms. The molecule has 1 aliphatic rings. The number of nitrogens with zero attached hydrogens (tertiary/aromatic N) is 3. The van der Waals surface area contributed by atoms with Crippen LogP contribution >= 0.6 is 0 Å². The molecule has 2 atom stereocenters. The molecule has 192 valence electrons. The monoisotopic (exact) mass is 505 g/mol. The fourth-order valence-corrected chi connectivity index (χ4v) is 4.24. The molecule has 0 spiro atoms. The maximum absolute atomic E-state index is 13.6. The summed E-state index contributed by atoms with van der Waals surface area (Å²) >= 11 is 0. The molecule has 4 nitrogen and oxygen atoms in total. The summed E-state index contributed by atoms with van der Waals surface area (Å²) in [7, 11) is 3.20. The predicted octanol–water partition coefficient (Wildman–Crippen LogP) is 6.27. The van der Waals surface area contributed by atoms with Crippen LogP contribution in [0.5, 0.6) is 0 Å². The van der Waals surface area contributed by atoms with E-state index in [4.69, 9.17) is 0 Å². The SMILES string of the molecule is Cc1cc(F)ccc1[C@H]1CN(C)CCN1C(=O)N(C)[C@H](C)c1cc(C(F)(F)F)cc(C(F)(F)F)c1. The Kier molecular flexibility index (Phi) is 7.40. The lowest BCUT2D eigenvalue weighted by Crippen LogP contribution is -2.53. The van der Waals surface area contributed by atoms with Gasteiger partial charge in [0.05, 0.1) is 23.2 Å². The molecule has 1 saturated heterocycles. The van der Waals surface area contributed by atoms with E-state index in [0.717, 1.165) is 4.90 Å². The highest BCUT2D eigenvalue weighted by Crippen LogP contribution is 2.38. The summed E-state index contributed by atoms with van der Waals surface area (Å²) in [6.45, 7) is 4.32. The average Bonchev–Trinajstić information content (AvgIpc) is 2.76. The molecule has 2 aromatic rings. The molecule has 0 aliphatic carbocycles. The van der Waals surface area contributed by atoms with Gasteiger partial charge in [-0.3, -0.25) is 0 Å². The predicted molar refractivity (Wildman–Crippen MR) is 116 cm³/mol. The number of hydrogen-bond acceptors (Lipinski definition) is 2. The lowest BCUT2D eigenvalue weighted by molar-refractivity contribution is -0.143. The Morgan fingerprint density at radius 1 is 1.00 bits per heavy atom. The number of aryl methyl sites for hydroxylation is 1. The van der Waals surface area contributed by atoms with Gasteiger partial charge in [-0.25, -0.2) is 9.18 Å². The Labute approximate surface area is 198 Å². The molecule has 3 rings (SSSR count). The molecule has 35 heavy (non-hydrogen) atoms. The highest BCUT2D eigenvalue weighted by Gasteiger charge is 2.39. The van der Waals surface area contributed by atoms with Crippen molar-refractivity contribution in [3.8, 4) is 0 Å². The van der Waals surface area contributed by atoms with Crippen LogP contribution in [0.25, 0.3) is 0 Å². The van der Waals surface area contributed by atoms with Gasteiger partial charge in [0.1, 0.15) is 5.82 Å². The number of piperazine rings is 1. The van der Waals surface area contributed by atoms with Crippen molar-refractivity contribution in [2.45, 2.75) is 38.3 Å². The number of carbonyl (C=O) groups excluding carboxylic acids is 1. The largest absolute Gasteiger partial charge is 0.416 e. The number of urea groups is 1. The summed E-state index contributed by atoms with van der Waals surface area (Å²) in [5.41, 5.74) is -1.81. The first kappa shape index (κ1) is 26.8. The summed E-state index contributed by atoms with van der Waals surface area (Å²) in [4.78, 5) is 18.1. The topological polar surface area (TPSA) is 26.8 Å². The number of hydrogen-bond donors (Lipinski definition) is 0. The third-order valence-corrected chi connectivity index (χ3v) is 6.40. The Hall–Kier alpha value is -2.82. The molecule has 1 aliphatic heterocycles. The number of halogens is 7. The second-order valence-corrected chi connectivity index (χ2v) is 8.88. The van der Waals surface area contributed by atoms with Crippen LogP contribution in [-0.4, -0.2) is 54.5 Å². The van der Waals surface area contributed by atoms with Crippen LogP contribution in [0.3, 0.4) is 0 Å². The molecule has 0 radical (unpaired) electrons. The first-order valence-electron chi connectivity index (χ1n) is 10.9. The van der Waals surface area contributed by atoms with Gasteiger partial charge in [-0.15, -0.1) is 0 Å². The van der Waals surface area contributed by atoms with Gasteiger partial charge in [0.25, 0.3) is 0 Å². The van der Waals surface area contributed by atoms with Crippen molar-refractivity contribution in [1.29, 1.82) is 0 Å². The molecular formula is C24H26F7N3O. The van der Waals surface area contributed by atoms with Gasteiger partial charge >= 0.3 is 18.4 Å². The minimum absolute atomic E-state index is 0.0614. The zero-order chi connectivity index (χ0) is 26.3. The van der Waals surface area contributed by atoms with E-state index in [9.17, 15) is 35.5 Å². The van der Waals surface area contributed by atoms with Crippen molar-refractivity contribution < 1.29 is 35.5 Å². The van der Waals surface area contributed by atoms with Gasteiger partial charge in [0.15, 0.2) is 0 Å². The van der Waals surface area contributed by atoms with Crippen LogP contribution in [0.15, 0.2) is 36.4 Å². The van der Waals surface area contributed by atoms with Crippen molar-refractivity contribution >= 4 is 6.03 Å². The van der Waals surface area contributed by atoms with Crippen LogP contribution in [0.1, 0.15) is 46.8 Å². The normalized spacial score (nSPS) is 18.5. The van der Waals surface area contributed by atoms with Crippen molar-refractivity contribution in [3.05, 3.63) is 70.0 Å². The zero-order valence-corrected chi connectivity index (χ0v) is 19.6. The van der Waals surface area contributed by atoms with Crippen molar-refractivity contribution in [3.63, 3.8) is 0 Å². The summed E-state index contributed by atoms with van der Waals surface area (Å²) in [6, 6.07) is 3.44. The maximum Gasteiger partial charge on any atom is 0.416 e. The zero-order valence-electron chi connectivity index (χ0n) is 19.6. The highest BCUT2D eigenvalue weighted by atomic mass is 19.4. The Morgan fingerprint density at radius 2 is 1.57 bits per heavy atom. The standard InChI is InChI=1S/C24H26F7N3O/c1-14-9-19(25)5-6-20(14)21-13-32(3)7-8-34(21)22(35)33(4)15(2)16-10-17(23(26,27)28)12-18(11-16)24(29,30)31/h5-6,9-12,15,21H,7-8,13H2,1-4H3/t15-,21-/m1/s1. The van der Waals surface area contributed by atoms with Gasteiger partial charge in [0.2, 0.25) is 0 Å². The van der Waals surface area contributed by atoms with Crippen molar-refractivity contribution in [1.82, 2.24) is 14.7 Å². The smallest absolute Gasteiger partial charge is 0.321 e. The molecule has 1 fully saturated rings. The van der Waals surface area contributed by atoms with E-state index < -0.39 is 47.4 Å². The molecular weight excluding hydrogens is 479 g/mol. The lowest BCUT2D eigenvalue weighted by atomic mass is 9.97. The van der Waals surface area contributed by atoms with Crippen LogP contribution in [-0.2, 0) is 12.4 Å². The first-order chi connectivity index (χ1) is 16.1. The van der Waals surface area contributed by atoms with Gasteiger partial charge < -0.3 is 14.7 Å².